The van der Waals surface area contributed by atoms with Crippen molar-refractivity contribution in [3.63, 3.8) is 0 Å². The summed E-state index contributed by atoms with van der Waals surface area (Å²) < 4.78 is 8.15. The van der Waals surface area contributed by atoms with Gasteiger partial charge in [-0.15, -0.1) is 23.5 Å². The molecule has 0 spiro atoms. The maximum atomic E-state index is 12.8. The molecule has 0 unspecified atom stereocenters. The zero-order chi connectivity index (χ0) is 16.3. The Balaban J connectivity index is 2.26. The van der Waals surface area contributed by atoms with Crippen LogP contribution in [0.4, 0.5) is 0 Å². The predicted octanol–water partition coefficient (Wildman–Crippen LogP) is 3.84. The first-order chi connectivity index (χ1) is 10.5. The molecule has 0 aliphatic carbocycles. The highest BCUT2D eigenvalue weighted by Gasteiger charge is 2.24. The average molecular weight is 421 g/mol. The molecule has 1 amide bonds. The second kappa shape index (κ2) is 7.85. The molecule has 0 N–H and O–H groups in total. The number of thioether (sulfide) groups is 2. The number of carbonyl (C=O) groups excluding carboxylic acids is 1. The smallest absolute Gasteiger partial charge is 0.258 e. The van der Waals surface area contributed by atoms with Gasteiger partial charge in [0.05, 0.1) is 32.7 Å². The van der Waals surface area contributed by atoms with E-state index in [1.165, 1.54) is 23.3 Å². The van der Waals surface area contributed by atoms with Crippen molar-refractivity contribution in [2.24, 2.45) is 0 Å². The third-order valence-electron chi connectivity index (χ3n) is 3.15. The number of nitrogens with zero attached hydrogens (tertiary/aromatic N) is 4. The summed E-state index contributed by atoms with van der Waals surface area (Å²) in [6.45, 7) is 3.31. The van der Waals surface area contributed by atoms with Gasteiger partial charge in [0.15, 0.2) is 0 Å². The van der Waals surface area contributed by atoms with Crippen LogP contribution in [0.3, 0.4) is 0 Å². The molecule has 0 aliphatic rings. The van der Waals surface area contributed by atoms with E-state index in [2.05, 4.69) is 25.4 Å². The molecule has 2 heterocycles. The van der Waals surface area contributed by atoms with E-state index in [1.807, 2.05) is 31.2 Å². The number of hydrogen-bond donors (Lipinski definition) is 0. The number of carbonyl (C=O) groups is 1. The molecule has 5 nitrogen and oxygen atoms in total. The predicted molar refractivity (Wildman–Crippen MR) is 97.1 cm³/mol. The molecule has 2 rings (SSSR count). The van der Waals surface area contributed by atoms with Gasteiger partial charge < -0.3 is 4.90 Å². The molecule has 0 aromatic carbocycles. The van der Waals surface area contributed by atoms with Crippen molar-refractivity contribution >= 4 is 56.9 Å². The van der Waals surface area contributed by atoms with E-state index in [0.29, 0.717) is 12.1 Å². The van der Waals surface area contributed by atoms with Crippen molar-refractivity contribution in [2.45, 2.75) is 29.2 Å². The normalized spacial score (nSPS) is 11.0. The lowest BCUT2D eigenvalue weighted by Gasteiger charge is -2.18. The molecular formula is C13H17BrN4OS3. The number of rotatable bonds is 6. The highest BCUT2D eigenvalue weighted by molar-refractivity contribution is 9.10. The molecule has 0 bridgehead atoms. The lowest BCUT2D eigenvalue weighted by molar-refractivity contribution is 0.0775. The molecule has 0 atom stereocenters. The summed E-state index contributed by atoms with van der Waals surface area (Å²) in [6, 6.07) is 0. The van der Waals surface area contributed by atoms with E-state index < -0.39 is 0 Å². The zero-order valence-electron chi connectivity index (χ0n) is 12.8. The number of aryl methyl sites for hydroxylation is 1. The van der Waals surface area contributed by atoms with E-state index in [9.17, 15) is 4.79 Å². The Morgan fingerprint density at radius 3 is 2.77 bits per heavy atom. The Morgan fingerprint density at radius 2 is 2.18 bits per heavy atom. The van der Waals surface area contributed by atoms with Gasteiger partial charge >= 0.3 is 0 Å². The van der Waals surface area contributed by atoms with Crippen LogP contribution < -0.4 is 0 Å². The van der Waals surface area contributed by atoms with Gasteiger partial charge in [-0.3, -0.25) is 9.48 Å². The summed E-state index contributed by atoms with van der Waals surface area (Å²) >= 11 is 7.96. The van der Waals surface area contributed by atoms with Gasteiger partial charge in [0.1, 0.15) is 5.03 Å². The fourth-order valence-corrected chi connectivity index (χ4v) is 4.71. The van der Waals surface area contributed by atoms with Gasteiger partial charge in [-0.2, -0.15) is 9.47 Å². The topological polar surface area (TPSA) is 51.0 Å². The minimum Gasteiger partial charge on any atom is -0.336 e. The van der Waals surface area contributed by atoms with Crippen molar-refractivity contribution in [2.75, 3.05) is 19.6 Å². The molecule has 120 valence electrons. The van der Waals surface area contributed by atoms with Gasteiger partial charge in [0.25, 0.3) is 5.91 Å². The van der Waals surface area contributed by atoms with E-state index in [4.69, 9.17) is 0 Å². The lowest BCUT2D eigenvalue weighted by atomic mass is 10.3. The first kappa shape index (κ1) is 17.8. The Hall–Kier alpha value is -0.510. The first-order valence-corrected chi connectivity index (χ1v) is 10.6. The minimum atomic E-state index is -0.00166. The maximum absolute atomic E-state index is 12.8. The van der Waals surface area contributed by atoms with E-state index in [1.54, 1.807) is 22.9 Å². The molecule has 0 saturated carbocycles. The number of hydrogen-bond acceptors (Lipinski definition) is 6. The van der Waals surface area contributed by atoms with E-state index in [-0.39, 0.29) is 5.91 Å². The van der Waals surface area contributed by atoms with Crippen molar-refractivity contribution in [1.82, 2.24) is 19.1 Å². The Kier molecular flexibility index (Phi) is 6.36. The number of aromatic nitrogens is 3. The van der Waals surface area contributed by atoms with E-state index >= 15 is 0 Å². The standard InChI is InChI=1S/C13H17BrN4OS3/c1-5-18-9(8(14)6-15-18)7-17(2)12(19)10-11(20-3)16-22-13(10)21-4/h6H,5,7H2,1-4H3. The van der Waals surface area contributed by atoms with Crippen LogP contribution in [0.2, 0.25) is 0 Å². The van der Waals surface area contributed by atoms with Gasteiger partial charge in [0.2, 0.25) is 0 Å². The maximum Gasteiger partial charge on any atom is 0.258 e. The SMILES string of the molecule is CCn1ncc(Br)c1CN(C)C(=O)c1c(SC)nsc1SC. The largest absolute Gasteiger partial charge is 0.336 e. The van der Waals surface area contributed by atoms with Crippen molar-refractivity contribution < 1.29 is 4.79 Å². The summed E-state index contributed by atoms with van der Waals surface area (Å²) in [5, 5.41) is 5.09. The van der Waals surface area contributed by atoms with Gasteiger partial charge in [-0.1, -0.05) is 0 Å². The Bertz CT molecular complexity index is 649. The fraction of sp³-hybridized carbons (Fsp3) is 0.462. The summed E-state index contributed by atoms with van der Waals surface area (Å²) in [4.78, 5) is 14.5. The van der Waals surface area contributed by atoms with Crippen LogP contribution in [0.5, 0.6) is 0 Å². The summed E-state index contributed by atoms with van der Waals surface area (Å²) in [5.74, 6) is -0.00166. The van der Waals surface area contributed by atoms with Gasteiger partial charge in [-0.25, -0.2) is 0 Å². The van der Waals surface area contributed by atoms with Crippen molar-refractivity contribution in [3.05, 3.63) is 21.9 Å². The molecular weight excluding hydrogens is 404 g/mol. The van der Waals surface area contributed by atoms with Gasteiger partial charge in [0, 0.05) is 13.6 Å². The summed E-state index contributed by atoms with van der Waals surface area (Å²) in [5.41, 5.74) is 1.71. The van der Waals surface area contributed by atoms with Crippen LogP contribution in [0.25, 0.3) is 0 Å². The quantitative estimate of drug-likeness (QED) is 0.664. The summed E-state index contributed by atoms with van der Waals surface area (Å²) in [7, 11) is 1.81. The van der Waals surface area contributed by atoms with Crippen LogP contribution in [0.15, 0.2) is 19.9 Å². The molecule has 0 radical (unpaired) electrons. The second-order valence-electron chi connectivity index (χ2n) is 4.47. The highest BCUT2D eigenvalue weighted by Crippen LogP contribution is 2.33. The molecule has 2 aromatic rings. The van der Waals surface area contributed by atoms with Crippen LogP contribution >= 0.6 is 51.0 Å². The molecule has 2 aromatic heterocycles. The molecule has 22 heavy (non-hydrogen) atoms. The Labute approximate surface area is 151 Å². The number of halogens is 1. The monoisotopic (exact) mass is 420 g/mol. The summed E-state index contributed by atoms with van der Waals surface area (Å²) in [6.07, 6.45) is 5.68. The third-order valence-corrected chi connectivity index (χ3v) is 6.56. The molecule has 0 aliphatic heterocycles. The third kappa shape index (κ3) is 3.52. The lowest BCUT2D eigenvalue weighted by Crippen LogP contribution is -2.28. The fourth-order valence-electron chi connectivity index (χ4n) is 2.02. The minimum absolute atomic E-state index is 0.00166. The van der Waals surface area contributed by atoms with Crippen molar-refractivity contribution in [3.8, 4) is 0 Å². The van der Waals surface area contributed by atoms with E-state index in [0.717, 1.165) is 25.9 Å². The zero-order valence-corrected chi connectivity index (χ0v) is 16.8. The van der Waals surface area contributed by atoms with Crippen molar-refractivity contribution in [1.29, 1.82) is 0 Å². The van der Waals surface area contributed by atoms with Crippen LogP contribution in [-0.4, -0.2) is 44.5 Å². The average Bonchev–Trinajstić information content (AvgIpc) is 3.10. The highest BCUT2D eigenvalue weighted by atomic mass is 79.9. The molecule has 0 saturated heterocycles. The van der Waals surface area contributed by atoms with Gasteiger partial charge in [-0.05, 0) is 46.9 Å². The van der Waals surface area contributed by atoms with Crippen LogP contribution in [-0.2, 0) is 13.1 Å². The molecule has 0 fully saturated rings. The van der Waals surface area contributed by atoms with Crippen LogP contribution in [0, 0.1) is 0 Å². The Morgan fingerprint density at radius 1 is 1.45 bits per heavy atom. The number of amides is 1. The van der Waals surface area contributed by atoms with Crippen LogP contribution in [0.1, 0.15) is 23.0 Å². The first-order valence-electron chi connectivity index (χ1n) is 6.56. The second-order valence-corrected chi connectivity index (χ2v) is 7.97. The molecule has 9 heteroatoms.